The van der Waals surface area contributed by atoms with Crippen molar-refractivity contribution in [3.05, 3.63) is 30.3 Å². The van der Waals surface area contributed by atoms with Crippen molar-refractivity contribution in [2.45, 2.75) is 13.0 Å². The summed E-state index contributed by atoms with van der Waals surface area (Å²) in [5.41, 5.74) is 0. The molecule has 92 valence electrons. The van der Waals surface area contributed by atoms with Crippen molar-refractivity contribution in [1.82, 2.24) is 5.32 Å². The average molecular weight is 253 g/mol. The fourth-order valence-corrected chi connectivity index (χ4v) is 1.88. The zero-order valence-electron chi connectivity index (χ0n) is 9.59. The minimum absolute atomic E-state index is 0.441. The van der Waals surface area contributed by atoms with Gasteiger partial charge in [0.15, 0.2) is 0 Å². The Morgan fingerprint density at radius 2 is 2.18 bits per heavy atom. The van der Waals surface area contributed by atoms with Crippen molar-refractivity contribution in [3.63, 3.8) is 0 Å². The van der Waals surface area contributed by atoms with Crippen molar-refractivity contribution in [3.8, 4) is 5.75 Å². The van der Waals surface area contributed by atoms with Gasteiger partial charge in [-0.25, -0.2) is 4.79 Å². The van der Waals surface area contributed by atoms with E-state index in [1.54, 1.807) is 36.0 Å². The fraction of sp³-hybridized carbons (Fsp3) is 0.333. The van der Waals surface area contributed by atoms with Gasteiger partial charge in [-0.1, -0.05) is 25.1 Å². The van der Waals surface area contributed by atoms with Crippen LogP contribution < -0.4 is 10.1 Å². The number of amides is 1. The first-order chi connectivity index (χ1) is 8.27. The van der Waals surface area contributed by atoms with Gasteiger partial charge in [-0.2, -0.15) is 11.8 Å². The van der Waals surface area contributed by atoms with Crippen molar-refractivity contribution >= 4 is 24.1 Å². The van der Waals surface area contributed by atoms with E-state index in [9.17, 15) is 9.59 Å². The molecule has 0 saturated heterocycles. The first-order valence-electron chi connectivity index (χ1n) is 5.32. The maximum absolute atomic E-state index is 11.8. The molecule has 0 spiro atoms. The summed E-state index contributed by atoms with van der Waals surface area (Å²) in [4.78, 5) is 22.2. The molecule has 0 fully saturated rings. The highest BCUT2D eigenvalue weighted by Gasteiger charge is 2.19. The Labute approximate surface area is 105 Å². The fourth-order valence-electron chi connectivity index (χ4n) is 1.18. The number of rotatable bonds is 7. The molecule has 4 nitrogen and oxygen atoms in total. The SMILES string of the molecule is CCSC[C@H](NC=O)C(=O)Oc1ccccc1. The monoisotopic (exact) mass is 253 g/mol. The van der Waals surface area contributed by atoms with Crippen LogP contribution in [0.3, 0.4) is 0 Å². The maximum atomic E-state index is 11.8. The number of ether oxygens (including phenoxy) is 1. The summed E-state index contributed by atoms with van der Waals surface area (Å²) < 4.78 is 5.15. The molecule has 0 unspecified atom stereocenters. The second-order valence-electron chi connectivity index (χ2n) is 3.23. The molecule has 0 bridgehead atoms. The summed E-state index contributed by atoms with van der Waals surface area (Å²) in [6.45, 7) is 1.99. The van der Waals surface area contributed by atoms with E-state index in [1.807, 2.05) is 13.0 Å². The number of para-hydroxylation sites is 1. The predicted octanol–water partition coefficient (Wildman–Crippen LogP) is 1.46. The van der Waals surface area contributed by atoms with Crippen molar-refractivity contribution in [2.75, 3.05) is 11.5 Å². The number of hydrogen-bond acceptors (Lipinski definition) is 4. The number of carbonyl (C=O) groups is 2. The van der Waals surface area contributed by atoms with E-state index in [0.717, 1.165) is 5.75 Å². The highest BCUT2D eigenvalue weighted by atomic mass is 32.2. The van der Waals surface area contributed by atoms with E-state index in [-0.39, 0.29) is 0 Å². The van der Waals surface area contributed by atoms with Crippen molar-refractivity contribution in [2.24, 2.45) is 0 Å². The van der Waals surface area contributed by atoms with Crippen LogP contribution in [0.5, 0.6) is 5.75 Å². The van der Waals surface area contributed by atoms with Crippen LogP contribution in [0, 0.1) is 0 Å². The van der Waals surface area contributed by atoms with E-state index in [4.69, 9.17) is 4.74 Å². The highest BCUT2D eigenvalue weighted by Crippen LogP contribution is 2.11. The Kier molecular flexibility index (Phi) is 6.17. The van der Waals surface area contributed by atoms with Crippen molar-refractivity contribution in [1.29, 1.82) is 0 Å². The summed E-state index contributed by atoms with van der Waals surface area (Å²) in [5, 5.41) is 2.46. The summed E-state index contributed by atoms with van der Waals surface area (Å²) in [7, 11) is 0. The lowest BCUT2D eigenvalue weighted by molar-refractivity contribution is -0.137. The zero-order chi connectivity index (χ0) is 12.5. The molecule has 5 heteroatoms. The molecule has 1 aromatic carbocycles. The topological polar surface area (TPSA) is 55.4 Å². The molecular weight excluding hydrogens is 238 g/mol. The minimum atomic E-state index is -0.599. The van der Waals surface area contributed by atoms with Crippen LogP contribution in [-0.2, 0) is 9.59 Å². The third-order valence-corrected chi connectivity index (χ3v) is 2.98. The Hall–Kier alpha value is -1.49. The maximum Gasteiger partial charge on any atom is 0.334 e. The number of thioether (sulfide) groups is 1. The Morgan fingerprint density at radius 1 is 1.47 bits per heavy atom. The summed E-state index contributed by atoms with van der Waals surface area (Å²) in [6, 6.07) is 8.20. The van der Waals surface area contributed by atoms with Gasteiger partial charge in [0.2, 0.25) is 6.41 Å². The van der Waals surface area contributed by atoms with E-state index >= 15 is 0 Å². The second kappa shape index (κ2) is 7.73. The van der Waals surface area contributed by atoms with E-state index < -0.39 is 12.0 Å². The van der Waals surface area contributed by atoms with E-state index in [2.05, 4.69) is 5.32 Å². The van der Waals surface area contributed by atoms with Crippen LogP contribution in [0.1, 0.15) is 6.92 Å². The lowest BCUT2D eigenvalue weighted by atomic mass is 10.3. The van der Waals surface area contributed by atoms with Gasteiger partial charge in [0.1, 0.15) is 11.8 Å². The van der Waals surface area contributed by atoms with Crippen LogP contribution in [0.15, 0.2) is 30.3 Å². The minimum Gasteiger partial charge on any atom is -0.425 e. The van der Waals surface area contributed by atoms with Gasteiger partial charge in [-0.05, 0) is 17.9 Å². The summed E-state index contributed by atoms with van der Waals surface area (Å²) in [6.07, 6.45) is 0.521. The van der Waals surface area contributed by atoms with Gasteiger partial charge in [0.25, 0.3) is 0 Å². The molecule has 17 heavy (non-hydrogen) atoms. The molecule has 0 aliphatic rings. The smallest absolute Gasteiger partial charge is 0.334 e. The van der Waals surface area contributed by atoms with E-state index in [0.29, 0.717) is 17.9 Å². The summed E-state index contributed by atoms with van der Waals surface area (Å²) >= 11 is 1.57. The molecule has 1 amide bonds. The highest BCUT2D eigenvalue weighted by molar-refractivity contribution is 7.99. The average Bonchev–Trinajstić information content (AvgIpc) is 2.35. The van der Waals surface area contributed by atoms with E-state index in [1.165, 1.54) is 0 Å². The van der Waals surface area contributed by atoms with Crippen LogP contribution >= 0.6 is 11.8 Å². The number of benzene rings is 1. The molecule has 1 aromatic rings. The predicted molar refractivity (Wildman–Crippen MR) is 68.1 cm³/mol. The standard InChI is InChI=1S/C12H15NO3S/c1-2-17-8-11(13-9-14)12(15)16-10-6-4-3-5-7-10/h3-7,9,11H,2,8H2,1H3,(H,13,14)/t11-/m0/s1. The third-order valence-electron chi connectivity index (χ3n) is 2.00. The normalized spacial score (nSPS) is 11.6. The molecular formula is C12H15NO3S. The zero-order valence-corrected chi connectivity index (χ0v) is 10.4. The Bertz CT molecular complexity index is 356. The Morgan fingerprint density at radius 3 is 2.76 bits per heavy atom. The third kappa shape index (κ3) is 4.91. The van der Waals surface area contributed by atoms with Gasteiger partial charge in [-0.3, -0.25) is 4.79 Å². The molecule has 0 radical (unpaired) electrons. The van der Waals surface area contributed by atoms with Crippen LogP contribution in [0.25, 0.3) is 0 Å². The molecule has 0 saturated carbocycles. The van der Waals surface area contributed by atoms with Gasteiger partial charge in [0.05, 0.1) is 0 Å². The second-order valence-corrected chi connectivity index (χ2v) is 4.55. The van der Waals surface area contributed by atoms with Crippen molar-refractivity contribution < 1.29 is 14.3 Å². The molecule has 1 rings (SSSR count). The van der Waals surface area contributed by atoms with Gasteiger partial charge < -0.3 is 10.1 Å². The molecule has 0 aliphatic carbocycles. The van der Waals surface area contributed by atoms with Gasteiger partial charge in [-0.15, -0.1) is 0 Å². The molecule has 0 heterocycles. The number of hydrogen-bond donors (Lipinski definition) is 1. The van der Waals surface area contributed by atoms with Crippen LogP contribution in [0.2, 0.25) is 0 Å². The quantitative estimate of drug-likeness (QED) is 0.454. The number of carbonyl (C=O) groups excluding carboxylic acids is 2. The number of nitrogens with one attached hydrogen (secondary N) is 1. The van der Waals surface area contributed by atoms with Gasteiger partial charge in [0, 0.05) is 5.75 Å². The molecule has 1 atom stereocenters. The first kappa shape index (κ1) is 13.6. The molecule has 0 aromatic heterocycles. The molecule has 1 N–H and O–H groups in total. The largest absolute Gasteiger partial charge is 0.425 e. The summed E-state index contributed by atoms with van der Waals surface area (Å²) in [5.74, 6) is 1.44. The Balaban J connectivity index is 2.55. The molecule has 0 aliphatic heterocycles. The van der Waals surface area contributed by atoms with Crippen LogP contribution in [0.4, 0.5) is 0 Å². The van der Waals surface area contributed by atoms with Crippen LogP contribution in [-0.4, -0.2) is 29.9 Å². The first-order valence-corrected chi connectivity index (χ1v) is 6.47. The van der Waals surface area contributed by atoms with Gasteiger partial charge >= 0.3 is 5.97 Å². The number of esters is 1. The lowest BCUT2D eigenvalue weighted by Gasteiger charge is -2.14. The lowest BCUT2D eigenvalue weighted by Crippen LogP contribution is -2.40.